The first-order valence-electron chi connectivity index (χ1n) is 7.80. The number of sulfonamides is 1. The molecule has 7 nitrogen and oxygen atoms in total. The van der Waals surface area contributed by atoms with Crippen molar-refractivity contribution in [1.29, 1.82) is 0 Å². The zero-order valence-electron chi connectivity index (χ0n) is 14.6. The highest BCUT2D eigenvalue weighted by Crippen LogP contribution is 2.29. The van der Waals surface area contributed by atoms with Gasteiger partial charge in [0.15, 0.2) is 11.5 Å². The van der Waals surface area contributed by atoms with Crippen molar-refractivity contribution in [2.24, 2.45) is 5.10 Å². The van der Waals surface area contributed by atoms with Gasteiger partial charge < -0.3 is 14.5 Å². The molecule has 0 saturated carbocycles. The molecule has 0 saturated heterocycles. The largest absolute Gasteiger partial charge is 0.493 e. The van der Waals surface area contributed by atoms with Gasteiger partial charge >= 0.3 is 0 Å². The number of ether oxygens (including phenoxy) is 2. The number of aromatic amines is 1. The van der Waals surface area contributed by atoms with Crippen LogP contribution in [0.15, 0.2) is 52.5 Å². The van der Waals surface area contributed by atoms with Gasteiger partial charge in [-0.25, -0.2) is 4.83 Å². The van der Waals surface area contributed by atoms with Crippen molar-refractivity contribution in [3.8, 4) is 11.5 Å². The number of H-pyrrole nitrogens is 1. The molecule has 0 aliphatic rings. The van der Waals surface area contributed by atoms with Crippen LogP contribution in [-0.2, 0) is 10.0 Å². The lowest BCUT2D eigenvalue weighted by Gasteiger charge is -2.09. The Morgan fingerprint density at radius 1 is 1.08 bits per heavy atom. The molecule has 2 aromatic carbocycles. The van der Waals surface area contributed by atoms with Gasteiger partial charge in [0.05, 0.1) is 25.3 Å². The number of nitrogens with zero attached hydrogens (tertiary/aromatic N) is 1. The van der Waals surface area contributed by atoms with Crippen molar-refractivity contribution >= 4 is 27.1 Å². The lowest BCUT2D eigenvalue weighted by Crippen LogP contribution is -2.18. The molecule has 3 rings (SSSR count). The van der Waals surface area contributed by atoms with Crippen molar-refractivity contribution in [2.45, 2.75) is 11.8 Å². The van der Waals surface area contributed by atoms with Gasteiger partial charge in [-0.05, 0) is 25.1 Å². The SMILES string of the molecule is COc1ccc(S(=O)(=O)N/N=C/c2c(C)[nH]c3ccccc23)cc1OC. The number of aryl methyl sites for hydroxylation is 1. The van der Waals surface area contributed by atoms with Crippen LogP contribution in [0, 0.1) is 6.92 Å². The summed E-state index contributed by atoms with van der Waals surface area (Å²) >= 11 is 0. The van der Waals surface area contributed by atoms with Gasteiger partial charge in [-0.3, -0.25) is 0 Å². The molecule has 1 heterocycles. The van der Waals surface area contributed by atoms with E-state index in [-0.39, 0.29) is 4.90 Å². The Morgan fingerprint density at radius 2 is 1.81 bits per heavy atom. The lowest BCUT2D eigenvalue weighted by atomic mass is 10.1. The van der Waals surface area contributed by atoms with E-state index in [1.54, 1.807) is 0 Å². The van der Waals surface area contributed by atoms with Crippen LogP contribution in [-0.4, -0.2) is 33.8 Å². The molecule has 0 aliphatic carbocycles. The monoisotopic (exact) mass is 373 g/mol. The molecule has 3 aromatic rings. The third-order valence-electron chi connectivity index (χ3n) is 3.98. The summed E-state index contributed by atoms with van der Waals surface area (Å²) in [5.74, 6) is 0.774. The van der Waals surface area contributed by atoms with E-state index < -0.39 is 10.0 Å². The molecule has 0 spiro atoms. The minimum absolute atomic E-state index is 0.0305. The summed E-state index contributed by atoms with van der Waals surface area (Å²) in [6.45, 7) is 1.91. The molecule has 8 heteroatoms. The molecule has 0 radical (unpaired) electrons. The number of rotatable bonds is 6. The second kappa shape index (κ2) is 7.09. The molecule has 1 aromatic heterocycles. The number of methoxy groups -OCH3 is 2. The average molecular weight is 373 g/mol. The van der Waals surface area contributed by atoms with Crippen molar-refractivity contribution in [2.75, 3.05) is 14.2 Å². The van der Waals surface area contributed by atoms with E-state index in [1.807, 2.05) is 31.2 Å². The Bertz CT molecular complexity index is 1070. The van der Waals surface area contributed by atoms with Crippen LogP contribution in [0.2, 0.25) is 0 Å². The Morgan fingerprint density at radius 3 is 2.54 bits per heavy atom. The summed E-state index contributed by atoms with van der Waals surface area (Å²) in [7, 11) is -0.903. The van der Waals surface area contributed by atoms with Crippen molar-refractivity contribution in [3.63, 3.8) is 0 Å². The predicted octanol–water partition coefficient (Wildman–Crippen LogP) is 2.81. The fourth-order valence-corrected chi connectivity index (χ4v) is 3.47. The van der Waals surface area contributed by atoms with Gasteiger partial charge in [-0.2, -0.15) is 13.5 Å². The van der Waals surface area contributed by atoms with Crippen LogP contribution in [0.4, 0.5) is 0 Å². The highest BCUT2D eigenvalue weighted by atomic mass is 32.2. The molecule has 136 valence electrons. The highest BCUT2D eigenvalue weighted by Gasteiger charge is 2.16. The molecule has 26 heavy (non-hydrogen) atoms. The molecular weight excluding hydrogens is 354 g/mol. The quantitative estimate of drug-likeness (QED) is 0.513. The van der Waals surface area contributed by atoms with E-state index in [0.29, 0.717) is 11.5 Å². The van der Waals surface area contributed by atoms with Gasteiger partial charge in [-0.1, -0.05) is 18.2 Å². The average Bonchev–Trinajstić information content (AvgIpc) is 2.96. The number of hydrogen-bond acceptors (Lipinski definition) is 5. The number of para-hydroxylation sites is 1. The zero-order chi connectivity index (χ0) is 18.7. The Balaban J connectivity index is 1.86. The minimum atomic E-state index is -3.83. The molecule has 0 fully saturated rings. The van der Waals surface area contributed by atoms with Crippen LogP contribution in [0.5, 0.6) is 11.5 Å². The summed E-state index contributed by atoms with van der Waals surface area (Å²) < 4.78 is 35.2. The first kappa shape index (κ1) is 17.8. The number of nitrogens with one attached hydrogen (secondary N) is 2. The van der Waals surface area contributed by atoms with Crippen LogP contribution < -0.4 is 14.3 Å². The van der Waals surface area contributed by atoms with E-state index in [9.17, 15) is 8.42 Å². The van der Waals surface area contributed by atoms with Crippen LogP contribution in [0.1, 0.15) is 11.3 Å². The highest BCUT2D eigenvalue weighted by molar-refractivity contribution is 7.89. The Labute approximate surface area is 151 Å². The van der Waals surface area contributed by atoms with Crippen molar-refractivity contribution in [3.05, 3.63) is 53.7 Å². The lowest BCUT2D eigenvalue weighted by molar-refractivity contribution is 0.354. The summed E-state index contributed by atoms with van der Waals surface area (Å²) in [4.78, 5) is 5.49. The Kier molecular flexibility index (Phi) is 4.85. The summed E-state index contributed by atoms with van der Waals surface area (Å²) in [6, 6.07) is 12.1. The number of benzene rings is 2. The number of hydrazone groups is 1. The maximum Gasteiger partial charge on any atom is 0.276 e. The number of fused-ring (bicyclic) bond motifs is 1. The van der Waals surface area contributed by atoms with Gasteiger partial charge in [0.1, 0.15) is 0 Å². The standard InChI is InChI=1S/C18H19N3O4S/c1-12-15(14-6-4-5-7-16(14)20-12)11-19-21-26(22,23)13-8-9-17(24-2)18(10-13)25-3/h4-11,20-21H,1-3H3/b19-11+. The smallest absolute Gasteiger partial charge is 0.276 e. The molecule has 0 bridgehead atoms. The minimum Gasteiger partial charge on any atom is -0.493 e. The third kappa shape index (κ3) is 3.36. The maximum absolute atomic E-state index is 12.4. The maximum atomic E-state index is 12.4. The van der Waals surface area contributed by atoms with Crippen LogP contribution in [0.3, 0.4) is 0 Å². The van der Waals surface area contributed by atoms with E-state index in [1.165, 1.54) is 38.6 Å². The zero-order valence-corrected chi connectivity index (χ0v) is 15.4. The van der Waals surface area contributed by atoms with Gasteiger partial charge in [-0.15, -0.1) is 0 Å². The number of hydrogen-bond donors (Lipinski definition) is 2. The van der Waals surface area contributed by atoms with E-state index in [0.717, 1.165) is 22.2 Å². The van der Waals surface area contributed by atoms with E-state index >= 15 is 0 Å². The molecule has 2 N–H and O–H groups in total. The fraction of sp³-hybridized carbons (Fsp3) is 0.167. The third-order valence-corrected chi connectivity index (χ3v) is 5.20. The molecular formula is C18H19N3O4S. The van der Waals surface area contributed by atoms with Gasteiger partial charge in [0.25, 0.3) is 10.0 Å². The van der Waals surface area contributed by atoms with E-state index in [2.05, 4.69) is 14.9 Å². The van der Waals surface area contributed by atoms with E-state index in [4.69, 9.17) is 9.47 Å². The van der Waals surface area contributed by atoms with Crippen molar-refractivity contribution < 1.29 is 17.9 Å². The second-order valence-electron chi connectivity index (χ2n) is 5.58. The van der Waals surface area contributed by atoms with Gasteiger partial charge in [0.2, 0.25) is 0 Å². The topological polar surface area (TPSA) is 92.8 Å². The molecule has 0 aliphatic heterocycles. The Hall–Kier alpha value is -3.00. The summed E-state index contributed by atoms with van der Waals surface area (Å²) in [5.41, 5.74) is 2.70. The molecule has 0 atom stereocenters. The first-order chi connectivity index (χ1) is 12.5. The summed E-state index contributed by atoms with van der Waals surface area (Å²) in [5, 5.41) is 4.89. The first-order valence-corrected chi connectivity index (χ1v) is 9.29. The van der Waals surface area contributed by atoms with Crippen LogP contribution in [0.25, 0.3) is 10.9 Å². The second-order valence-corrected chi connectivity index (χ2v) is 7.24. The summed E-state index contributed by atoms with van der Waals surface area (Å²) in [6.07, 6.45) is 1.49. The van der Waals surface area contributed by atoms with Crippen LogP contribution >= 0.6 is 0 Å². The molecule has 0 unspecified atom stereocenters. The predicted molar refractivity (Wildman–Crippen MR) is 100 cm³/mol. The number of aromatic nitrogens is 1. The van der Waals surface area contributed by atoms with Gasteiger partial charge in [0, 0.05) is 28.2 Å². The van der Waals surface area contributed by atoms with Crippen molar-refractivity contribution in [1.82, 2.24) is 9.82 Å². The normalized spacial score (nSPS) is 11.8. The molecule has 0 amide bonds. The fourth-order valence-electron chi connectivity index (χ4n) is 2.66.